The molecular weight excluding hydrogens is 443 g/mol. The number of aliphatic hydroxyl groups excluding tert-OH is 1. The third-order valence-corrected chi connectivity index (χ3v) is 8.15. The lowest BCUT2D eigenvalue weighted by Crippen LogP contribution is -2.41. The summed E-state index contributed by atoms with van der Waals surface area (Å²) in [7, 11) is 0. The van der Waals surface area contributed by atoms with E-state index in [1.807, 2.05) is 13.0 Å². The van der Waals surface area contributed by atoms with Crippen LogP contribution in [0.2, 0.25) is 0 Å². The molecule has 10 heteroatoms. The van der Waals surface area contributed by atoms with Crippen LogP contribution in [0.3, 0.4) is 0 Å². The van der Waals surface area contributed by atoms with E-state index < -0.39 is 18.2 Å². The van der Waals surface area contributed by atoms with E-state index in [1.54, 1.807) is 11.0 Å². The number of rotatable bonds is 12. The van der Waals surface area contributed by atoms with Gasteiger partial charge in [-0.2, -0.15) is 0 Å². The van der Waals surface area contributed by atoms with Gasteiger partial charge in [0.2, 0.25) is 0 Å². The maximum atomic E-state index is 12.5. The van der Waals surface area contributed by atoms with E-state index in [9.17, 15) is 19.1 Å². The van der Waals surface area contributed by atoms with Crippen molar-refractivity contribution in [2.24, 2.45) is 5.41 Å². The normalized spacial score (nSPS) is 23.7. The fourth-order valence-corrected chi connectivity index (χ4v) is 5.95. The highest BCUT2D eigenvalue weighted by Crippen LogP contribution is 2.48. The molecule has 31 heavy (non-hydrogen) atoms. The molecule has 1 aromatic heterocycles. The van der Waals surface area contributed by atoms with Crippen molar-refractivity contribution in [1.82, 2.24) is 9.88 Å². The van der Waals surface area contributed by atoms with Crippen LogP contribution in [0.1, 0.15) is 55.9 Å². The molecule has 2 heterocycles. The molecule has 2 aliphatic rings. The van der Waals surface area contributed by atoms with E-state index in [-0.39, 0.29) is 29.9 Å². The van der Waals surface area contributed by atoms with Gasteiger partial charge in [0.15, 0.2) is 10.0 Å². The summed E-state index contributed by atoms with van der Waals surface area (Å²) >= 11 is 2.66. The van der Waals surface area contributed by atoms with Crippen LogP contribution in [-0.4, -0.2) is 69.4 Å². The van der Waals surface area contributed by atoms with E-state index in [4.69, 9.17) is 9.84 Å². The summed E-state index contributed by atoms with van der Waals surface area (Å²) in [5.41, 5.74) is -0.154. The van der Waals surface area contributed by atoms with Crippen LogP contribution in [0.15, 0.2) is 21.9 Å². The van der Waals surface area contributed by atoms with Gasteiger partial charge in [0, 0.05) is 17.7 Å². The average Bonchev–Trinajstić information content (AvgIpc) is 3.27. The highest BCUT2D eigenvalue weighted by atomic mass is 32.2. The Hall–Kier alpha value is -1.65. The number of ether oxygens (including phenoxy) is 1. The summed E-state index contributed by atoms with van der Waals surface area (Å²) in [4.78, 5) is 28.9. The summed E-state index contributed by atoms with van der Waals surface area (Å²) in [5, 5.41) is 21.3. The Bertz CT molecular complexity index is 798. The standard InChI is InChI=1S/C21H29FN2O5S2/c1-14-16(5-6-17(25)21(8-4-9-21)7-2-3-10-22)24(20(28)29-14)11-12-30-19-23-15(13-31-19)18(26)27/h5-6,13-14,16-17,25H,2-4,7-12H2,1H3,(H,26,27)/t14-,16-,17?/m0/s1. The van der Waals surface area contributed by atoms with Gasteiger partial charge >= 0.3 is 12.1 Å². The first-order valence-corrected chi connectivity index (χ1v) is 12.4. The highest BCUT2D eigenvalue weighted by Gasteiger charge is 2.42. The number of aromatic nitrogens is 1. The number of carbonyl (C=O) groups is 2. The Labute approximate surface area is 189 Å². The minimum atomic E-state index is -1.06. The molecular formula is C21H29FN2O5S2. The van der Waals surface area contributed by atoms with Gasteiger partial charge in [0.05, 0.1) is 18.8 Å². The quantitative estimate of drug-likeness (QED) is 0.265. The fraction of sp³-hybridized carbons (Fsp3) is 0.667. The molecule has 1 aromatic rings. The van der Waals surface area contributed by atoms with Gasteiger partial charge in [-0.1, -0.05) is 36.8 Å². The van der Waals surface area contributed by atoms with Crippen molar-refractivity contribution < 1.29 is 28.9 Å². The molecule has 2 N–H and O–H groups in total. The van der Waals surface area contributed by atoms with Crippen LogP contribution in [0.5, 0.6) is 0 Å². The second-order valence-electron chi connectivity index (χ2n) is 8.12. The van der Waals surface area contributed by atoms with Crippen molar-refractivity contribution >= 4 is 35.2 Å². The van der Waals surface area contributed by atoms with Crippen molar-refractivity contribution in [3.05, 3.63) is 23.2 Å². The predicted octanol–water partition coefficient (Wildman–Crippen LogP) is 4.37. The number of amides is 1. The number of thioether (sulfide) groups is 1. The highest BCUT2D eigenvalue weighted by molar-refractivity contribution is 8.01. The smallest absolute Gasteiger partial charge is 0.410 e. The Balaban J connectivity index is 1.56. The van der Waals surface area contributed by atoms with Crippen molar-refractivity contribution in [2.75, 3.05) is 19.0 Å². The number of nitrogens with zero attached hydrogens (tertiary/aromatic N) is 2. The van der Waals surface area contributed by atoms with Gasteiger partial charge in [-0.25, -0.2) is 14.6 Å². The third kappa shape index (κ3) is 5.78. The maximum absolute atomic E-state index is 12.5. The molecule has 0 aromatic carbocycles. The first kappa shape index (κ1) is 24.0. The first-order valence-electron chi connectivity index (χ1n) is 10.6. The molecule has 0 radical (unpaired) electrons. The Kier molecular flexibility index (Phi) is 8.35. The number of alkyl halides is 1. The molecule has 7 nitrogen and oxygen atoms in total. The lowest BCUT2D eigenvalue weighted by atomic mass is 9.62. The van der Waals surface area contributed by atoms with Crippen LogP contribution in [0.25, 0.3) is 0 Å². The maximum Gasteiger partial charge on any atom is 0.410 e. The number of carbonyl (C=O) groups excluding carboxylic acids is 1. The van der Waals surface area contributed by atoms with Crippen molar-refractivity contribution in [1.29, 1.82) is 0 Å². The number of cyclic esters (lactones) is 1. The molecule has 0 spiro atoms. The molecule has 3 atom stereocenters. The molecule has 1 saturated heterocycles. The van der Waals surface area contributed by atoms with Gasteiger partial charge in [-0.15, -0.1) is 11.3 Å². The summed E-state index contributed by atoms with van der Waals surface area (Å²) in [6, 6.07) is -0.281. The number of halogens is 1. The largest absolute Gasteiger partial charge is 0.476 e. The third-order valence-electron chi connectivity index (χ3n) is 6.15. The zero-order chi connectivity index (χ0) is 22.4. The average molecular weight is 473 g/mol. The number of carboxylic acid groups (broad SMARTS) is 1. The summed E-state index contributed by atoms with van der Waals surface area (Å²) in [6.45, 7) is 1.92. The van der Waals surface area contributed by atoms with Crippen LogP contribution in [-0.2, 0) is 4.74 Å². The number of unbranched alkanes of at least 4 members (excludes halogenated alkanes) is 1. The SMILES string of the molecule is C[C@@H]1OC(=O)N(CCSc2nc(C(=O)O)cs2)[C@H]1C=CC(O)C1(CCCCF)CCC1. The zero-order valence-electron chi connectivity index (χ0n) is 17.5. The second-order valence-corrected chi connectivity index (χ2v) is 10.3. The van der Waals surface area contributed by atoms with E-state index in [0.29, 0.717) is 23.1 Å². The van der Waals surface area contributed by atoms with E-state index in [1.165, 1.54) is 28.5 Å². The number of aromatic carboxylic acids is 1. The molecule has 2 fully saturated rings. The molecule has 3 rings (SSSR count). The molecule has 1 aliphatic carbocycles. The number of hydrogen-bond acceptors (Lipinski definition) is 7. The minimum absolute atomic E-state index is 0.0212. The summed E-state index contributed by atoms with van der Waals surface area (Å²) in [6.07, 6.45) is 7.34. The fourth-order valence-electron chi connectivity index (χ4n) is 4.14. The first-order chi connectivity index (χ1) is 14.9. The van der Waals surface area contributed by atoms with E-state index in [0.717, 1.165) is 32.1 Å². The van der Waals surface area contributed by atoms with E-state index in [2.05, 4.69) is 4.98 Å². The Morgan fingerprint density at radius 3 is 2.90 bits per heavy atom. The molecule has 0 bridgehead atoms. The topological polar surface area (TPSA) is 100.0 Å². The second kappa shape index (κ2) is 10.8. The Morgan fingerprint density at radius 2 is 2.29 bits per heavy atom. The van der Waals surface area contributed by atoms with Crippen LogP contribution >= 0.6 is 23.1 Å². The number of thiazole rings is 1. The van der Waals surface area contributed by atoms with Crippen LogP contribution < -0.4 is 0 Å². The van der Waals surface area contributed by atoms with Crippen LogP contribution in [0.4, 0.5) is 9.18 Å². The molecule has 1 saturated carbocycles. The monoisotopic (exact) mass is 472 g/mol. The number of hydrogen-bond donors (Lipinski definition) is 2. The predicted molar refractivity (Wildman–Crippen MR) is 117 cm³/mol. The van der Waals surface area contributed by atoms with Crippen molar-refractivity contribution in [3.63, 3.8) is 0 Å². The van der Waals surface area contributed by atoms with Gasteiger partial charge in [0.1, 0.15) is 6.10 Å². The van der Waals surface area contributed by atoms with Gasteiger partial charge in [-0.05, 0) is 38.0 Å². The van der Waals surface area contributed by atoms with Crippen LogP contribution in [0, 0.1) is 5.41 Å². The lowest BCUT2D eigenvalue weighted by molar-refractivity contribution is -0.0148. The number of aliphatic hydroxyl groups is 1. The van der Waals surface area contributed by atoms with Crippen molar-refractivity contribution in [3.8, 4) is 0 Å². The van der Waals surface area contributed by atoms with Gasteiger partial charge < -0.3 is 14.9 Å². The van der Waals surface area contributed by atoms with Gasteiger partial charge in [0.25, 0.3) is 0 Å². The van der Waals surface area contributed by atoms with E-state index >= 15 is 0 Å². The number of carboxylic acids is 1. The molecule has 1 unspecified atom stereocenters. The Morgan fingerprint density at radius 1 is 1.52 bits per heavy atom. The zero-order valence-corrected chi connectivity index (χ0v) is 19.2. The van der Waals surface area contributed by atoms with Crippen molar-refractivity contribution in [2.45, 2.75) is 68.0 Å². The molecule has 172 valence electrons. The minimum Gasteiger partial charge on any atom is -0.476 e. The molecule has 1 aliphatic heterocycles. The summed E-state index contributed by atoms with van der Waals surface area (Å²) in [5.74, 6) is -0.508. The molecule has 1 amide bonds. The summed E-state index contributed by atoms with van der Waals surface area (Å²) < 4.78 is 18.5. The van der Waals surface area contributed by atoms with Gasteiger partial charge in [-0.3, -0.25) is 9.29 Å². The lowest BCUT2D eigenvalue weighted by Gasteiger charge is -2.45.